The number of carbonyl (C=O) groups excluding carboxylic acids is 1. The predicted octanol–water partition coefficient (Wildman–Crippen LogP) is 4.89. The molecule has 0 fully saturated rings. The lowest BCUT2D eigenvalue weighted by Crippen LogP contribution is -2.34. The number of hydrogen-bond donors (Lipinski definition) is 3. The number of halogens is 2. The van der Waals surface area contributed by atoms with Crippen LogP contribution >= 0.6 is 23.2 Å². The van der Waals surface area contributed by atoms with Crippen molar-refractivity contribution >= 4 is 46.4 Å². The standard InChI is InChI=1S/C21H18Cl2N4O/c1-12-4-2-5-14(10-12)24-20(28)13-8-9-17-18(11-13)26-21(25-17)27-19-15(22)6-3-7-16(19)23/h2-8,10-11,17H,9H2,1H3,(H,24,28)(H2,25,26,27). The minimum absolute atomic E-state index is 0.0132. The summed E-state index contributed by atoms with van der Waals surface area (Å²) in [6, 6.07) is 13.0. The van der Waals surface area contributed by atoms with E-state index in [9.17, 15) is 4.79 Å². The van der Waals surface area contributed by atoms with Crippen LogP contribution in [0.15, 0.2) is 70.9 Å². The third-order valence-electron chi connectivity index (χ3n) is 4.53. The summed E-state index contributed by atoms with van der Waals surface area (Å²) in [4.78, 5) is 17.1. The van der Waals surface area contributed by atoms with E-state index in [1.807, 2.05) is 37.3 Å². The summed E-state index contributed by atoms with van der Waals surface area (Å²) in [5.74, 6) is 0.405. The van der Waals surface area contributed by atoms with Crippen LogP contribution in [0.3, 0.4) is 0 Å². The molecule has 7 heteroatoms. The Hall–Kier alpha value is -2.76. The molecule has 0 bridgehead atoms. The van der Waals surface area contributed by atoms with Crippen LogP contribution in [0.2, 0.25) is 10.0 Å². The number of rotatable bonds is 3. The summed E-state index contributed by atoms with van der Waals surface area (Å²) in [5, 5.41) is 10.4. The maximum atomic E-state index is 12.6. The third-order valence-corrected chi connectivity index (χ3v) is 5.16. The van der Waals surface area contributed by atoms with Crippen LogP contribution in [-0.2, 0) is 4.79 Å². The number of para-hydroxylation sites is 1. The maximum Gasteiger partial charge on any atom is 0.255 e. The number of nitrogens with zero attached hydrogens (tertiary/aromatic N) is 1. The lowest BCUT2D eigenvalue weighted by molar-refractivity contribution is -0.112. The molecule has 1 atom stereocenters. The Morgan fingerprint density at radius 1 is 1.18 bits per heavy atom. The summed E-state index contributed by atoms with van der Waals surface area (Å²) >= 11 is 12.4. The van der Waals surface area contributed by atoms with Crippen LogP contribution in [0, 0.1) is 6.92 Å². The average molecular weight is 413 g/mol. The summed E-state index contributed by atoms with van der Waals surface area (Å²) < 4.78 is 0. The van der Waals surface area contributed by atoms with Crippen molar-refractivity contribution in [3.05, 3.63) is 81.5 Å². The first-order valence-corrected chi connectivity index (χ1v) is 9.61. The van der Waals surface area contributed by atoms with Gasteiger partial charge in [0, 0.05) is 11.3 Å². The SMILES string of the molecule is Cc1cccc(NC(=O)C2=CCC3NC(Nc4c(Cl)cccc4Cl)=NC3=C2)c1. The summed E-state index contributed by atoms with van der Waals surface area (Å²) in [7, 11) is 0. The second kappa shape index (κ2) is 7.70. The van der Waals surface area contributed by atoms with Crippen molar-refractivity contribution in [2.45, 2.75) is 19.4 Å². The first-order chi connectivity index (χ1) is 13.5. The van der Waals surface area contributed by atoms with E-state index in [4.69, 9.17) is 23.2 Å². The molecule has 142 valence electrons. The van der Waals surface area contributed by atoms with Gasteiger partial charge >= 0.3 is 0 Å². The lowest BCUT2D eigenvalue weighted by Gasteiger charge is -2.17. The van der Waals surface area contributed by atoms with E-state index in [0.29, 0.717) is 33.7 Å². The Morgan fingerprint density at radius 3 is 2.68 bits per heavy atom. The molecule has 0 saturated heterocycles. The molecule has 1 heterocycles. The molecular weight excluding hydrogens is 395 g/mol. The van der Waals surface area contributed by atoms with Crippen molar-refractivity contribution in [1.82, 2.24) is 5.32 Å². The van der Waals surface area contributed by atoms with E-state index in [1.165, 1.54) is 0 Å². The van der Waals surface area contributed by atoms with Gasteiger partial charge in [0.2, 0.25) is 5.96 Å². The van der Waals surface area contributed by atoms with Gasteiger partial charge in [-0.1, -0.05) is 47.5 Å². The maximum absolute atomic E-state index is 12.6. The molecule has 3 N–H and O–H groups in total. The fraction of sp³-hybridized carbons (Fsp3) is 0.143. The molecule has 5 nitrogen and oxygen atoms in total. The number of aryl methyl sites for hydroxylation is 1. The topological polar surface area (TPSA) is 65.5 Å². The Bertz CT molecular complexity index is 1020. The van der Waals surface area contributed by atoms with Crippen molar-refractivity contribution in [2.75, 3.05) is 10.6 Å². The molecule has 2 aliphatic rings. The van der Waals surface area contributed by atoms with E-state index < -0.39 is 0 Å². The monoisotopic (exact) mass is 412 g/mol. The number of aliphatic imine (C=N–C) groups is 1. The first kappa shape index (κ1) is 18.6. The third kappa shape index (κ3) is 3.91. The van der Waals surface area contributed by atoms with E-state index in [2.05, 4.69) is 20.9 Å². The molecule has 1 unspecified atom stereocenters. The van der Waals surface area contributed by atoms with E-state index in [0.717, 1.165) is 16.9 Å². The molecule has 1 aliphatic carbocycles. The van der Waals surface area contributed by atoms with E-state index in [1.54, 1.807) is 24.3 Å². The van der Waals surface area contributed by atoms with Gasteiger partial charge < -0.3 is 16.0 Å². The predicted molar refractivity (Wildman–Crippen MR) is 115 cm³/mol. The highest BCUT2D eigenvalue weighted by atomic mass is 35.5. The van der Waals surface area contributed by atoms with Gasteiger partial charge in [-0.2, -0.15) is 0 Å². The highest BCUT2D eigenvalue weighted by Crippen LogP contribution is 2.31. The summed E-state index contributed by atoms with van der Waals surface area (Å²) in [6.07, 6.45) is 4.37. The first-order valence-electron chi connectivity index (χ1n) is 8.85. The molecular formula is C21H18Cl2N4O. The van der Waals surface area contributed by atoms with Crippen LogP contribution < -0.4 is 16.0 Å². The van der Waals surface area contributed by atoms with Crippen LogP contribution in [0.1, 0.15) is 12.0 Å². The Labute approximate surface area is 173 Å². The minimum Gasteiger partial charge on any atom is -0.347 e. The smallest absolute Gasteiger partial charge is 0.255 e. The summed E-state index contributed by atoms with van der Waals surface area (Å²) in [6.45, 7) is 1.99. The second-order valence-corrected chi connectivity index (χ2v) is 7.48. The molecule has 1 amide bonds. The van der Waals surface area contributed by atoms with Gasteiger partial charge in [-0.25, -0.2) is 4.99 Å². The minimum atomic E-state index is -0.151. The Balaban J connectivity index is 1.49. The van der Waals surface area contributed by atoms with E-state index in [-0.39, 0.29) is 11.9 Å². The van der Waals surface area contributed by atoms with Gasteiger partial charge in [0.1, 0.15) is 0 Å². The van der Waals surface area contributed by atoms with Crippen LogP contribution in [0.25, 0.3) is 0 Å². The molecule has 0 radical (unpaired) electrons. The highest BCUT2D eigenvalue weighted by Gasteiger charge is 2.27. The molecule has 1 aliphatic heterocycles. The van der Waals surface area contributed by atoms with Crippen molar-refractivity contribution in [3.63, 3.8) is 0 Å². The highest BCUT2D eigenvalue weighted by molar-refractivity contribution is 6.39. The van der Waals surface area contributed by atoms with Gasteiger partial charge in [0.15, 0.2) is 0 Å². The second-order valence-electron chi connectivity index (χ2n) is 6.67. The summed E-state index contributed by atoms with van der Waals surface area (Å²) in [5.41, 5.74) is 3.85. The normalized spacial score (nSPS) is 17.7. The van der Waals surface area contributed by atoms with E-state index >= 15 is 0 Å². The number of benzene rings is 2. The van der Waals surface area contributed by atoms with Crippen molar-refractivity contribution < 1.29 is 4.79 Å². The van der Waals surface area contributed by atoms with Gasteiger partial charge in [-0.3, -0.25) is 4.79 Å². The molecule has 4 rings (SSSR count). The number of anilines is 2. The molecule has 0 spiro atoms. The van der Waals surface area contributed by atoms with Crippen LogP contribution in [0.4, 0.5) is 11.4 Å². The number of hydrogen-bond acceptors (Lipinski definition) is 4. The lowest BCUT2D eigenvalue weighted by atomic mass is 10.00. The number of guanidine groups is 1. The van der Waals surface area contributed by atoms with Crippen molar-refractivity contribution in [2.24, 2.45) is 4.99 Å². The zero-order valence-electron chi connectivity index (χ0n) is 15.1. The molecule has 2 aromatic rings. The van der Waals surface area contributed by atoms with Crippen LogP contribution in [0.5, 0.6) is 0 Å². The van der Waals surface area contributed by atoms with Gasteiger partial charge in [-0.15, -0.1) is 0 Å². The molecule has 0 aromatic heterocycles. The number of amides is 1. The van der Waals surface area contributed by atoms with Crippen molar-refractivity contribution in [3.8, 4) is 0 Å². The number of fused-ring (bicyclic) bond motifs is 1. The zero-order valence-corrected chi connectivity index (χ0v) is 16.6. The van der Waals surface area contributed by atoms with Gasteiger partial charge in [0.25, 0.3) is 5.91 Å². The average Bonchev–Trinajstić information content (AvgIpc) is 3.06. The van der Waals surface area contributed by atoms with Gasteiger partial charge in [-0.05, 0) is 49.2 Å². The largest absolute Gasteiger partial charge is 0.347 e. The van der Waals surface area contributed by atoms with Gasteiger partial charge in [0.05, 0.1) is 27.5 Å². The molecule has 28 heavy (non-hydrogen) atoms. The van der Waals surface area contributed by atoms with Crippen molar-refractivity contribution in [1.29, 1.82) is 0 Å². The quantitative estimate of drug-likeness (QED) is 0.671. The number of nitrogens with one attached hydrogen (secondary N) is 3. The zero-order chi connectivity index (χ0) is 19.7. The Kier molecular flexibility index (Phi) is 5.11. The van der Waals surface area contributed by atoms with Crippen LogP contribution in [-0.4, -0.2) is 17.9 Å². The molecule has 2 aromatic carbocycles. The Morgan fingerprint density at radius 2 is 1.93 bits per heavy atom. The fourth-order valence-electron chi connectivity index (χ4n) is 3.14. The number of carbonyl (C=O) groups is 1. The fourth-order valence-corrected chi connectivity index (χ4v) is 3.63. The molecule has 0 saturated carbocycles.